The van der Waals surface area contributed by atoms with Gasteiger partial charge in [0.25, 0.3) is 0 Å². The third-order valence-electron chi connectivity index (χ3n) is 2.52. The van der Waals surface area contributed by atoms with Crippen LogP contribution in [0.5, 0.6) is 0 Å². The van der Waals surface area contributed by atoms with Crippen molar-refractivity contribution in [2.24, 2.45) is 0 Å². The molecule has 17 heavy (non-hydrogen) atoms. The van der Waals surface area contributed by atoms with E-state index in [1.807, 2.05) is 14.1 Å². The molecule has 1 atom stereocenters. The van der Waals surface area contributed by atoms with Gasteiger partial charge < -0.3 is 15.0 Å². The first kappa shape index (κ1) is 13.4. The SMILES string of the molecule is COC(=O)c1ccc(NCC(C)N(C)C)nn1. The van der Waals surface area contributed by atoms with Crippen molar-refractivity contribution in [3.8, 4) is 0 Å². The summed E-state index contributed by atoms with van der Waals surface area (Å²) in [6.07, 6.45) is 0. The molecule has 0 aliphatic rings. The third kappa shape index (κ3) is 3.99. The van der Waals surface area contributed by atoms with E-state index >= 15 is 0 Å². The minimum Gasteiger partial charge on any atom is -0.464 e. The summed E-state index contributed by atoms with van der Waals surface area (Å²) in [5.41, 5.74) is 0.207. The van der Waals surface area contributed by atoms with E-state index in [1.54, 1.807) is 12.1 Å². The second-order valence-corrected chi connectivity index (χ2v) is 3.99. The Morgan fingerprint density at radius 3 is 2.65 bits per heavy atom. The molecule has 1 heterocycles. The average Bonchev–Trinajstić information content (AvgIpc) is 2.35. The number of carbonyl (C=O) groups excluding carboxylic acids is 1. The first-order chi connectivity index (χ1) is 8.04. The molecule has 1 unspecified atom stereocenters. The van der Waals surface area contributed by atoms with Crippen molar-refractivity contribution in [2.45, 2.75) is 13.0 Å². The minimum absolute atomic E-state index is 0.207. The standard InChI is InChI=1S/C11H18N4O2/c1-8(15(2)3)7-12-10-6-5-9(13-14-10)11(16)17-4/h5-6,8H,7H2,1-4H3,(H,12,14). The Bertz CT molecular complexity index is 364. The largest absolute Gasteiger partial charge is 0.464 e. The van der Waals surface area contributed by atoms with Gasteiger partial charge in [-0.25, -0.2) is 4.79 Å². The first-order valence-electron chi connectivity index (χ1n) is 5.37. The summed E-state index contributed by atoms with van der Waals surface area (Å²) in [7, 11) is 5.34. The molecule has 6 nitrogen and oxygen atoms in total. The minimum atomic E-state index is -0.481. The predicted octanol–water partition coefficient (Wildman–Crippen LogP) is 0.625. The molecule has 0 aliphatic carbocycles. The van der Waals surface area contributed by atoms with Crippen molar-refractivity contribution >= 4 is 11.8 Å². The summed E-state index contributed by atoms with van der Waals surface area (Å²) in [5, 5.41) is 10.8. The number of methoxy groups -OCH3 is 1. The zero-order valence-electron chi connectivity index (χ0n) is 10.6. The number of ether oxygens (including phenoxy) is 1. The number of rotatable bonds is 5. The monoisotopic (exact) mass is 238 g/mol. The van der Waals surface area contributed by atoms with E-state index in [-0.39, 0.29) is 5.69 Å². The highest BCUT2D eigenvalue weighted by Crippen LogP contribution is 2.03. The fourth-order valence-corrected chi connectivity index (χ4v) is 1.07. The van der Waals surface area contributed by atoms with E-state index in [2.05, 4.69) is 32.1 Å². The van der Waals surface area contributed by atoms with E-state index in [0.717, 1.165) is 6.54 Å². The number of aromatic nitrogens is 2. The molecule has 0 radical (unpaired) electrons. The van der Waals surface area contributed by atoms with Gasteiger partial charge in [-0.1, -0.05) is 0 Å². The average molecular weight is 238 g/mol. The van der Waals surface area contributed by atoms with Crippen LogP contribution in [0, 0.1) is 0 Å². The van der Waals surface area contributed by atoms with Gasteiger partial charge in [0.1, 0.15) is 5.82 Å². The van der Waals surface area contributed by atoms with Gasteiger partial charge in [0, 0.05) is 12.6 Å². The molecule has 1 aromatic heterocycles. The first-order valence-corrected chi connectivity index (χ1v) is 5.37. The molecule has 0 amide bonds. The lowest BCUT2D eigenvalue weighted by atomic mass is 10.3. The molecule has 1 rings (SSSR count). The van der Waals surface area contributed by atoms with E-state index < -0.39 is 5.97 Å². The van der Waals surface area contributed by atoms with Gasteiger partial charge in [0.05, 0.1) is 7.11 Å². The molecule has 94 valence electrons. The molecular formula is C11H18N4O2. The van der Waals surface area contributed by atoms with Crippen LogP contribution in [0.4, 0.5) is 5.82 Å². The van der Waals surface area contributed by atoms with Gasteiger partial charge in [-0.3, -0.25) is 0 Å². The number of esters is 1. The van der Waals surface area contributed by atoms with E-state index in [4.69, 9.17) is 0 Å². The molecule has 0 saturated heterocycles. The predicted molar refractivity (Wildman–Crippen MR) is 65.0 cm³/mol. The Labute approximate surface area is 101 Å². The fraction of sp³-hybridized carbons (Fsp3) is 0.545. The quantitative estimate of drug-likeness (QED) is 0.759. The van der Waals surface area contributed by atoms with Crippen LogP contribution in [-0.2, 0) is 4.74 Å². The van der Waals surface area contributed by atoms with Crippen molar-refractivity contribution in [1.82, 2.24) is 15.1 Å². The highest BCUT2D eigenvalue weighted by Gasteiger charge is 2.08. The molecule has 6 heteroatoms. The maximum Gasteiger partial charge on any atom is 0.358 e. The lowest BCUT2D eigenvalue weighted by Crippen LogP contribution is -2.31. The molecule has 0 aliphatic heterocycles. The van der Waals surface area contributed by atoms with Gasteiger partial charge in [-0.2, -0.15) is 0 Å². The topological polar surface area (TPSA) is 67.3 Å². The molecule has 0 saturated carbocycles. The Hall–Kier alpha value is -1.69. The molecular weight excluding hydrogens is 220 g/mol. The van der Waals surface area contributed by atoms with E-state index in [1.165, 1.54) is 7.11 Å². The Morgan fingerprint density at radius 2 is 2.18 bits per heavy atom. The Morgan fingerprint density at radius 1 is 1.47 bits per heavy atom. The van der Waals surface area contributed by atoms with Crippen molar-refractivity contribution in [1.29, 1.82) is 0 Å². The maximum absolute atomic E-state index is 11.1. The number of nitrogens with zero attached hydrogens (tertiary/aromatic N) is 3. The third-order valence-corrected chi connectivity index (χ3v) is 2.52. The molecule has 0 aromatic carbocycles. The van der Waals surface area contributed by atoms with Crippen LogP contribution in [0.25, 0.3) is 0 Å². The number of carbonyl (C=O) groups is 1. The number of anilines is 1. The summed E-state index contributed by atoms with van der Waals surface area (Å²) in [4.78, 5) is 13.2. The number of hydrogen-bond acceptors (Lipinski definition) is 6. The summed E-state index contributed by atoms with van der Waals surface area (Å²) in [5.74, 6) is 0.164. The summed E-state index contributed by atoms with van der Waals surface area (Å²) < 4.78 is 4.54. The second-order valence-electron chi connectivity index (χ2n) is 3.99. The van der Waals surface area contributed by atoms with Crippen LogP contribution in [0.2, 0.25) is 0 Å². The molecule has 0 spiro atoms. The second kappa shape index (κ2) is 6.15. The van der Waals surface area contributed by atoms with Crippen molar-refractivity contribution in [2.75, 3.05) is 33.1 Å². The molecule has 1 aromatic rings. The molecule has 0 fully saturated rings. The highest BCUT2D eigenvalue weighted by atomic mass is 16.5. The van der Waals surface area contributed by atoms with Crippen molar-refractivity contribution in [3.63, 3.8) is 0 Å². The number of likely N-dealkylation sites (N-methyl/N-ethyl adjacent to an activating group) is 1. The van der Waals surface area contributed by atoms with Crippen LogP contribution in [0.3, 0.4) is 0 Å². The van der Waals surface area contributed by atoms with Crippen molar-refractivity contribution < 1.29 is 9.53 Å². The van der Waals surface area contributed by atoms with Crippen LogP contribution >= 0.6 is 0 Å². The van der Waals surface area contributed by atoms with Gasteiger partial charge in [0.2, 0.25) is 0 Å². The fourth-order valence-electron chi connectivity index (χ4n) is 1.07. The summed E-state index contributed by atoms with van der Waals surface area (Å²) in [6.45, 7) is 2.86. The van der Waals surface area contributed by atoms with Crippen LogP contribution in [0.15, 0.2) is 12.1 Å². The lowest BCUT2D eigenvalue weighted by Gasteiger charge is -2.19. The van der Waals surface area contributed by atoms with Gasteiger partial charge in [0.15, 0.2) is 5.69 Å². The van der Waals surface area contributed by atoms with Crippen LogP contribution in [0.1, 0.15) is 17.4 Å². The lowest BCUT2D eigenvalue weighted by molar-refractivity contribution is 0.0593. The molecule has 1 N–H and O–H groups in total. The highest BCUT2D eigenvalue weighted by molar-refractivity contribution is 5.86. The van der Waals surface area contributed by atoms with Gasteiger partial charge >= 0.3 is 5.97 Å². The number of hydrogen-bond donors (Lipinski definition) is 1. The Kier molecular flexibility index (Phi) is 4.84. The summed E-state index contributed by atoms with van der Waals surface area (Å²) >= 11 is 0. The van der Waals surface area contributed by atoms with Crippen LogP contribution in [-0.4, -0.2) is 54.9 Å². The molecule has 0 bridgehead atoms. The van der Waals surface area contributed by atoms with E-state index in [0.29, 0.717) is 11.9 Å². The normalized spacial score (nSPS) is 12.3. The van der Waals surface area contributed by atoms with E-state index in [9.17, 15) is 4.79 Å². The smallest absolute Gasteiger partial charge is 0.358 e. The van der Waals surface area contributed by atoms with Gasteiger partial charge in [-0.15, -0.1) is 10.2 Å². The van der Waals surface area contributed by atoms with Gasteiger partial charge in [-0.05, 0) is 33.2 Å². The Balaban J connectivity index is 2.54. The number of nitrogens with one attached hydrogen (secondary N) is 1. The van der Waals surface area contributed by atoms with Crippen molar-refractivity contribution in [3.05, 3.63) is 17.8 Å². The summed E-state index contributed by atoms with van der Waals surface area (Å²) in [6, 6.07) is 3.68. The van der Waals surface area contributed by atoms with Crippen LogP contribution < -0.4 is 5.32 Å². The zero-order chi connectivity index (χ0) is 12.8. The maximum atomic E-state index is 11.1. The zero-order valence-corrected chi connectivity index (χ0v) is 10.6.